The number of likely N-dealkylation sites (tertiary alicyclic amines) is 1. The molecule has 0 aromatic carbocycles. The summed E-state index contributed by atoms with van der Waals surface area (Å²) in [4.78, 5) is 26.3. The molecule has 2 amide bonds. The van der Waals surface area contributed by atoms with E-state index in [1.807, 2.05) is 0 Å². The molecule has 3 aliphatic rings. The Bertz CT molecular complexity index is 616. The number of carbonyl (C=O) groups is 2. The summed E-state index contributed by atoms with van der Waals surface area (Å²) < 4.78 is 24.8. The minimum Gasteiger partial charge on any atom is -0.354 e. The van der Waals surface area contributed by atoms with Crippen molar-refractivity contribution in [3.63, 3.8) is 0 Å². The predicted molar refractivity (Wildman–Crippen MR) is 107 cm³/mol. The second kappa shape index (κ2) is 10.1. The molecule has 0 spiro atoms. The first-order chi connectivity index (χ1) is 12.5. The molecule has 2 aliphatic heterocycles. The number of nitrogens with one attached hydrogen (secondary N) is 2. The zero-order valence-electron chi connectivity index (χ0n) is 15.8. The summed E-state index contributed by atoms with van der Waals surface area (Å²) in [6.45, 7) is 2.60. The van der Waals surface area contributed by atoms with E-state index in [2.05, 4.69) is 10.6 Å². The van der Waals surface area contributed by atoms with Crippen LogP contribution in [-0.4, -0.2) is 68.4 Å². The van der Waals surface area contributed by atoms with Gasteiger partial charge in [0.2, 0.25) is 11.8 Å². The Morgan fingerprint density at radius 1 is 1.04 bits per heavy atom. The van der Waals surface area contributed by atoms with Gasteiger partial charge < -0.3 is 15.5 Å². The summed E-state index contributed by atoms with van der Waals surface area (Å²) in [5.74, 6) is -0.393. The van der Waals surface area contributed by atoms with Crippen LogP contribution < -0.4 is 10.6 Å². The first kappa shape index (κ1) is 22.4. The van der Waals surface area contributed by atoms with Crippen molar-refractivity contribution in [3.05, 3.63) is 0 Å². The first-order valence-corrected chi connectivity index (χ1v) is 11.7. The number of hydrogen-bond donors (Lipinski definition) is 2. The Morgan fingerprint density at radius 3 is 2.44 bits per heavy atom. The molecule has 3 fully saturated rings. The molecule has 2 N–H and O–H groups in total. The molecule has 0 aromatic rings. The molecule has 0 radical (unpaired) electrons. The van der Waals surface area contributed by atoms with Gasteiger partial charge in [0.1, 0.15) is 5.75 Å². The summed E-state index contributed by atoms with van der Waals surface area (Å²) in [5, 5.41) is 5.84. The van der Waals surface area contributed by atoms with Gasteiger partial charge in [-0.1, -0.05) is 12.8 Å². The highest BCUT2D eigenvalue weighted by molar-refractivity contribution is 7.92. The Labute approximate surface area is 168 Å². The molecule has 0 bridgehead atoms. The van der Waals surface area contributed by atoms with Crippen LogP contribution in [0.4, 0.5) is 0 Å². The molecule has 7 nitrogen and oxygen atoms in total. The number of rotatable bonds is 6. The van der Waals surface area contributed by atoms with Crippen LogP contribution in [0.5, 0.6) is 0 Å². The van der Waals surface area contributed by atoms with Crippen LogP contribution in [0, 0.1) is 5.92 Å². The number of sulfone groups is 1. The van der Waals surface area contributed by atoms with E-state index < -0.39 is 9.84 Å². The topological polar surface area (TPSA) is 95.6 Å². The van der Waals surface area contributed by atoms with Crippen LogP contribution in [0.15, 0.2) is 0 Å². The fraction of sp³-hybridized carbons (Fsp3) is 0.889. The van der Waals surface area contributed by atoms with E-state index in [0.717, 1.165) is 45.1 Å². The normalized spacial score (nSPS) is 26.6. The van der Waals surface area contributed by atoms with Crippen molar-refractivity contribution in [2.75, 3.05) is 31.9 Å². The van der Waals surface area contributed by atoms with Crippen LogP contribution in [0.3, 0.4) is 0 Å². The van der Waals surface area contributed by atoms with Gasteiger partial charge in [-0.3, -0.25) is 9.59 Å². The molecule has 3 rings (SSSR count). The van der Waals surface area contributed by atoms with Crippen molar-refractivity contribution in [1.29, 1.82) is 0 Å². The van der Waals surface area contributed by atoms with Gasteiger partial charge in [0.15, 0.2) is 9.84 Å². The molecule has 27 heavy (non-hydrogen) atoms. The van der Waals surface area contributed by atoms with Crippen molar-refractivity contribution in [2.45, 2.75) is 62.7 Å². The van der Waals surface area contributed by atoms with Gasteiger partial charge in [-0.25, -0.2) is 8.42 Å². The minimum atomic E-state index is -3.33. The summed E-state index contributed by atoms with van der Waals surface area (Å²) in [6.07, 6.45) is 6.99. The standard InChI is InChI=1S/C18H31N3O4S.ClH/c22-17(13-26(24,25)15-6-1-2-7-15)21-10-4-5-14(12-21)11-20-18(23)16-8-3-9-19-16;/h14-16,19H,1-13H2,(H,20,23);1H. The average Bonchev–Trinajstić information content (AvgIpc) is 3.33. The van der Waals surface area contributed by atoms with Crippen molar-refractivity contribution < 1.29 is 18.0 Å². The van der Waals surface area contributed by atoms with Crippen molar-refractivity contribution in [2.24, 2.45) is 5.92 Å². The smallest absolute Gasteiger partial charge is 0.237 e. The lowest BCUT2D eigenvalue weighted by molar-refractivity contribution is -0.130. The van der Waals surface area contributed by atoms with Crippen LogP contribution in [0.1, 0.15) is 51.4 Å². The van der Waals surface area contributed by atoms with E-state index in [4.69, 9.17) is 0 Å². The van der Waals surface area contributed by atoms with E-state index >= 15 is 0 Å². The van der Waals surface area contributed by atoms with E-state index in [9.17, 15) is 18.0 Å². The fourth-order valence-corrected chi connectivity index (χ4v) is 6.18. The lowest BCUT2D eigenvalue weighted by atomic mass is 9.98. The lowest BCUT2D eigenvalue weighted by Crippen LogP contribution is -2.48. The molecule has 0 aromatic heterocycles. The first-order valence-electron chi connectivity index (χ1n) is 9.96. The maximum atomic E-state index is 12.5. The number of amides is 2. The van der Waals surface area contributed by atoms with E-state index in [-0.39, 0.29) is 47.2 Å². The van der Waals surface area contributed by atoms with Crippen molar-refractivity contribution >= 4 is 34.1 Å². The van der Waals surface area contributed by atoms with Gasteiger partial charge in [0.25, 0.3) is 0 Å². The maximum Gasteiger partial charge on any atom is 0.237 e. The SMILES string of the molecule is Cl.O=C(NCC1CCCN(C(=O)CS(=O)(=O)C2CCCC2)C1)C1CCCN1. The van der Waals surface area contributed by atoms with Gasteiger partial charge >= 0.3 is 0 Å². The highest BCUT2D eigenvalue weighted by Crippen LogP contribution is 2.26. The number of piperidine rings is 1. The van der Waals surface area contributed by atoms with Crippen LogP contribution >= 0.6 is 12.4 Å². The van der Waals surface area contributed by atoms with Gasteiger partial charge in [0.05, 0.1) is 11.3 Å². The Kier molecular flexibility index (Phi) is 8.37. The van der Waals surface area contributed by atoms with Crippen LogP contribution in [-0.2, 0) is 19.4 Å². The second-order valence-corrected chi connectivity index (χ2v) is 10.2. The summed E-state index contributed by atoms with van der Waals surface area (Å²) >= 11 is 0. The summed E-state index contributed by atoms with van der Waals surface area (Å²) in [7, 11) is -3.33. The third-order valence-electron chi connectivity index (χ3n) is 5.95. The highest BCUT2D eigenvalue weighted by Gasteiger charge is 2.33. The quantitative estimate of drug-likeness (QED) is 0.663. The third-order valence-corrected chi connectivity index (χ3v) is 8.08. The molecule has 2 heterocycles. The lowest BCUT2D eigenvalue weighted by Gasteiger charge is -2.33. The summed E-state index contributed by atoms with van der Waals surface area (Å²) in [6, 6.07) is -0.0899. The van der Waals surface area contributed by atoms with Crippen molar-refractivity contribution in [3.8, 4) is 0 Å². The number of nitrogens with zero attached hydrogens (tertiary/aromatic N) is 1. The molecule has 9 heteroatoms. The van der Waals surface area contributed by atoms with Crippen LogP contribution in [0.2, 0.25) is 0 Å². The molecule has 2 unspecified atom stereocenters. The van der Waals surface area contributed by atoms with Gasteiger partial charge in [0, 0.05) is 19.6 Å². The van der Waals surface area contributed by atoms with Gasteiger partial charge in [-0.05, 0) is 51.0 Å². The average molecular weight is 422 g/mol. The summed E-state index contributed by atoms with van der Waals surface area (Å²) in [5.41, 5.74) is 0. The number of carbonyl (C=O) groups excluding carboxylic acids is 2. The minimum absolute atomic E-state index is 0. The Hall–Kier alpha value is -0.860. The van der Waals surface area contributed by atoms with Gasteiger partial charge in [-0.15, -0.1) is 12.4 Å². The van der Waals surface area contributed by atoms with E-state index in [0.29, 0.717) is 32.5 Å². The Balaban J connectivity index is 0.00000261. The van der Waals surface area contributed by atoms with E-state index in [1.54, 1.807) is 4.90 Å². The second-order valence-electron chi connectivity index (χ2n) is 7.96. The van der Waals surface area contributed by atoms with E-state index in [1.165, 1.54) is 0 Å². The number of hydrogen-bond acceptors (Lipinski definition) is 5. The fourth-order valence-electron chi connectivity index (χ4n) is 4.36. The molecule has 1 aliphatic carbocycles. The zero-order valence-corrected chi connectivity index (χ0v) is 17.5. The molecule has 1 saturated carbocycles. The molecule has 2 saturated heterocycles. The van der Waals surface area contributed by atoms with Gasteiger partial charge in [-0.2, -0.15) is 0 Å². The van der Waals surface area contributed by atoms with Crippen molar-refractivity contribution in [1.82, 2.24) is 15.5 Å². The number of halogens is 1. The molecule has 2 atom stereocenters. The van der Waals surface area contributed by atoms with Crippen LogP contribution in [0.25, 0.3) is 0 Å². The molecular weight excluding hydrogens is 390 g/mol. The third kappa shape index (κ3) is 6.06. The predicted octanol–water partition coefficient (Wildman–Crippen LogP) is 0.872. The molecule has 156 valence electrons. The molecular formula is C18H32ClN3O4S. The maximum absolute atomic E-state index is 12.5. The Morgan fingerprint density at radius 2 is 1.78 bits per heavy atom. The highest BCUT2D eigenvalue weighted by atomic mass is 35.5. The monoisotopic (exact) mass is 421 g/mol. The largest absolute Gasteiger partial charge is 0.354 e. The zero-order chi connectivity index (χ0) is 18.6.